The van der Waals surface area contributed by atoms with Gasteiger partial charge in [-0.05, 0) is 6.42 Å². The molecule has 2 N–H and O–H groups in total. The molecule has 128 valence electrons. The molecule has 0 aliphatic carbocycles. The van der Waals surface area contributed by atoms with Crippen LogP contribution in [0.25, 0.3) is 0 Å². The van der Waals surface area contributed by atoms with Gasteiger partial charge in [0.25, 0.3) is 0 Å². The highest BCUT2D eigenvalue weighted by Crippen LogP contribution is 2.09. The molecule has 0 radical (unpaired) electrons. The summed E-state index contributed by atoms with van der Waals surface area (Å²) in [5, 5.41) is 2.50. The van der Waals surface area contributed by atoms with E-state index in [0.717, 1.165) is 12.8 Å². The molecule has 0 aromatic carbocycles. The number of unbranched alkanes of at least 4 members (excludes halogenated alkanes) is 6. The van der Waals surface area contributed by atoms with Crippen molar-refractivity contribution < 1.29 is 18.5 Å². The van der Waals surface area contributed by atoms with Crippen LogP contribution in [0, 0.1) is 4.78 Å². The van der Waals surface area contributed by atoms with Gasteiger partial charge in [-0.3, -0.25) is 9.57 Å². The van der Waals surface area contributed by atoms with Crippen molar-refractivity contribution in [2.24, 2.45) is 0 Å². The van der Waals surface area contributed by atoms with Crippen molar-refractivity contribution in [2.75, 3.05) is 18.1 Å². The lowest BCUT2D eigenvalue weighted by Crippen LogP contribution is -2.41. The standard InChI is InChI=1S/C15H28N2O4S/c1-2-3-4-5-6-7-8-11-22(16,20)12-14(18)17-13-9-10-21-15(13)19/h13,16H,2-12H2,1H3,(H,17,18)/t13-,22?/m0/s1. The second-order valence-corrected chi connectivity index (χ2v) is 8.18. The predicted octanol–water partition coefficient (Wildman–Crippen LogP) is 2.22. The molecule has 1 aliphatic heterocycles. The SMILES string of the molecule is CCCCCCCCCS(=N)(=O)CC(=O)N[C@H]1CCOC1=O. The molecule has 6 nitrogen and oxygen atoms in total. The van der Waals surface area contributed by atoms with E-state index in [1.165, 1.54) is 25.7 Å². The molecule has 0 bridgehead atoms. The highest BCUT2D eigenvalue weighted by atomic mass is 32.2. The van der Waals surface area contributed by atoms with Gasteiger partial charge in [0, 0.05) is 12.2 Å². The van der Waals surface area contributed by atoms with E-state index in [1.807, 2.05) is 0 Å². The summed E-state index contributed by atoms with van der Waals surface area (Å²) < 4.78 is 24.6. The minimum absolute atomic E-state index is 0.253. The fourth-order valence-corrected chi connectivity index (χ4v) is 3.76. The van der Waals surface area contributed by atoms with Gasteiger partial charge in [0.1, 0.15) is 11.8 Å². The van der Waals surface area contributed by atoms with Crippen LogP contribution in [0.3, 0.4) is 0 Å². The topological polar surface area (TPSA) is 96.3 Å². The zero-order valence-electron chi connectivity index (χ0n) is 13.4. The van der Waals surface area contributed by atoms with Crippen LogP contribution in [0.4, 0.5) is 0 Å². The van der Waals surface area contributed by atoms with E-state index in [1.54, 1.807) is 0 Å². The number of carbonyl (C=O) groups excluding carboxylic acids is 2. The lowest BCUT2D eigenvalue weighted by molar-refractivity contribution is -0.141. The van der Waals surface area contributed by atoms with Gasteiger partial charge >= 0.3 is 5.97 Å². The van der Waals surface area contributed by atoms with Crippen LogP contribution in [-0.2, 0) is 24.1 Å². The van der Waals surface area contributed by atoms with E-state index in [2.05, 4.69) is 12.2 Å². The van der Waals surface area contributed by atoms with Gasteiger partial charge < -0.3 is 10.1 Å². The first-order valence-corrected chi connectivity index (χ1v) is 10.0. The van der Waals surface area contributed by atoms with Gasteiger partial charge in [0.05, 0.1) is 16.3 Å². The lowest BCUT2D eigenvalue weighted by Gasteiger charge is -2.11. The summed E-state index contributed by atoms with van der Waals surface area (Å²) in [6.07, 6.45) is 8.08. The molecular weight excluding hydrogens is 304 g/mol. The summed E-state index contributed by atoms with van der Waals surface area (Å²) in [5.41, 5.74) is 0. The monoisotopic (exact) mass is 332 g/mol. The van der Waals surface area contributed by atoms with Gasteiger partial charge in [-0.25, -0.2) is 9.00 Å². The Bertz CT molecular complexity index is 462. The average Bonchev–Trinajstić information content (AvgIpc) is 2.82. The van der Waals surface area contributed by atoms with Crippen molar-refractivity contribution in [3.8, 4) is 0 Å². The van der Waals surface area contributed by atoms with Crippen LogP contribution in [0.2, 0.25) is 0 Å². The molecule has 2 atom stereocenters. The number of cyclic esters (lactones) is 1. The number of amides is 1. The molecule has 1 amide bonds. The molecule has 1 aliphatic rings. The summed E-state index contributed by atoms with van der Waals surface area (Å²) in [5.74, 6) is -1.01. The number of hydrogen-bond donors (Lipinski definition) is 2. The summed E-state index contributed by atoms with van der Waals surface area (Å²) in [4.78, 5) is 23.0. The van der Waals surface area contributed by atoms with Crippen LogP contribution in [0.5, 0.6) is 0 Å². The molecule has 0 aromatic rings. The first-order valence-electron chi connectivity index (χ1n) is 8.15. The fraction of sp³-hybridized carbons (Fsp3) is 0.867. The van der Waals surface area contributed by atoms with Crippen molar-refractivity contribution >= 4 is 21.6 Å². The van der Waals surface area contributed by atoms with Crippen molar-refractivity contribution in [2.45, 2.75) is 64.3 Å². The predicted molar refractivity (Wildman–Crippen MR) is 86.1 cm³/mol. The Morgan fingerprint density at radius 2 is 1.91 bits per heavy atom. The molecule has 1 unspecified atom stereocenters. The smallest absolute Gasteiger partial charge is 0.328 e. The molecule has 1 heterocycles. The zero-order chi connectivity index (χ0) is 16.4. The van der Waals surface area contributed by atoms with Crippen LogP contribution in [0.15, 0.2) is 0 Å². The second kappa shape index (κ2) is 9.82. The Labute approximate surface area is 133 Å². The zero-order valence-corrected chi connectivity index (χ0v) is 14.2. The highest BCUT2D eigenvalue weighted by Gasteiger charge is 2.28. The maximum atomic E-state index is 12.1. The van der Waals surface area contributed by atoms with E-state index < -0.39 is 27.6 Å². The van der Waals surface area contributed by atoms with Crippen molar-refractivity contribution in [3.05, 3.63) is 0 Å². The third-order valence-electron chi connectivity index (χ3n) is 3.71. The second-order valence-electron chi connectivity index (χ2n) is 5.86. The third-order valence-corrected chi connectivity index (χ3v) is 5.39. The van der Waals surface area contributed by atoms with E-state index >= 15 is 0 Å². The molecular formula is C15H28N2O4S. The number of nitrogens with one attached hydrogen (secondary N) is 2. The van der Waals surface area contributed by atoms with E-state index in [-0.39, 0.29) is 11.5 Å². The summed E-state index contributed by atoms with van der Waals surface area (Å²) in [6, 6.07) is -0.638. The van der Waals surface area contributed by atoms with Crippen LogP contribution >= 0.6 is 0 Å². The average molecular weight is 332 g/mol. The van der Waals surface area contributed by atoms with Crippen LogP contribution in [0.1, 0.15) is 58.3 Å². The van der Waals surface area contributed by atoms with Gasteiger partial charge in [0.15, 0.2) is 0 Å². The molecule has 1 rings (SSSR count). The number of rotatable bonds is 11. The number of ether oxygens (including phenoxy) is 1. The Balaban J connectivity index is 2.17. The molecule has 7 heteroatoms. The number of hydrogen-bond acceptors (Lipinski definition) is 5. The van der Waals surface area contributed by atoms with Gasteiger partial charge in [-0.1, -0.05) is 45.4 Å². The molecule has 22 heavy (non-hydrogen) atoms. The quantitative estimate of drug-likeness (QED) is 0.448. The molecule has 1 saturated heterocycles. The first kappa shape index (κ1) is 18.9. The molecule has 0 saturated carbocycles. The minimum Gasteiger partial charge on any atom is -0.464 e. The van der Waals surface area contributed by atoms with Crippen molar-refractivity contribution in [1.29, 1.82) is 4.78 Å². The van der Waals surface area contributed by atoms with Crippen LogP contribution < -0.4 is 5.32 Å². The van der Waals surface area contributed by atoms with Crippen molar-refractivity contribution in [1.82, 2.24) is 5.32 Å². The Morgan fingerprint density at radius 3 is 2.50 bits per heavy atom. The summed E-state index contributed by atoms with van der Waals surface area (Å²) in [7, 11) is -2.90. The Morgan fingerprint density at radius 1 is 1.27 bits per heavy atom. The Kier molecular flexibility index (Phi) is 8.45. The maximum absolute atomic E-state index is 12.1. The Hall–Kier alpha value is -1.11. The van der Waals surface area contributed by atoms with Gasteiger partial charge in [-0.2, -0.15) is 0 Å². The minimum atomic E-state index is -2.90. The van der Waals surface area contributed by atoms with Crippen molar-refractivity contribution in [3.63, 3.8) is 0 Å². The fourth-order valence-electron chi connectivity index (χ4n) is 2.44. The van der Waals surface area contributed by atoms with Gasteiger partial charge in [-0.15, -0.1) is 0 Å². The molecule has 1 fully saturated rings. The third kappa shape index (κ3) is 7.77. The molecule has 0 spiro atoms. The van der Waals surface area contributed by atoms with E-state index in [4.69, 9.17) is 9.52 Å². The van der Waals surface area contributed by atoms with Crippen LogP contribution in [-0.4, -0.2) is 40.2 Å². The molecule has 0 aromatic heterocycles. The highest BCUT2D eigenvalue weighted by molar-refractivity contribution is 7.93. The van der Waals surface area contributed by atoms with E-state index in [0.29, 0.717) is 19.4 Å². The number of esters is 1. The van der Waals surface area contributed by atoms with E-state index in [9.17, 15) is 13.8 Å². The van der Waals surface area contributed by atoms with Gasteiger partial charge in [0.2, 0.25) is 5.91 Å². The lowest BCUT2D eigenvalue weighted by atomic mass is 10.1. The largest absolute Gasteiger partial charge is 0.464 e. The maximum Gasteiger partial charge on any atom is 0.328 e. The summed E-state index contributed by atoms with van der Waals surface area (Å²) >= 11 is 0. The number of carbonyl (C=O) groups is 2. The first-order chi connectivity index (χ1) is 10.4. The normalized spacial score (nSPS) is 20.4. The summed E-state index contributed by atoms with van der Waals surface area (Å²) in [6.45, 7) is 2.48.